The Morgan fingerprint density at radius 3 is 2.39 bits per heavy atom. The molecule has 0 fully saturated rings. The molecule has 0 saturated heterocycles. The van der Waals surface area contributed by atoms with Crippen LogP contribution in [-0.2, 0) is 32.5 Å². The van der Waals surface area contributed by atoms with Crippen molar-refractivity contribution in [2.24, 2.45) is 0 Å². The third kappa shape index (κ3) is 7.58. The summed E-state index contributed by atoms with van der Waals surface area (Å²) in [5, 5.41) is 9.19. The van der Waals surface area contributed by atoms with E-state index < -0.39 is 22.2 Å². The second kappa shape index (κ2) is 10.1. The molecule has 1 atom stereocenters. The number of carboxylic acids is 1. The van der Waals surface area contributed by atoms with E-state index in [0.717, 1.165) is 17.4 Å². The Hall–Kier alpha value is -2.58. The molecule has 0 aliphatic rings. The van der Waals surface area contributed by atoms with Crippen molar-refractivity contribution in [3.05, 3.63) is 59.7 Å². The second-order valence-corrected chi connectivity index (χ2v) is 7.74. The summed E-state index contributed by atoms with van der Waals surface area (Å²) in [6, 6.07) is 14.0. The first-order chi connectivity index (χ1) is 13.3. The molecule has 0 radical (unpaired) electrons. The Balaban J connectivity index is 1.88. The maximum absolute atomic E-state index is 11.2. The molecule has 8 heteroatoms. The molecule has 2 aromatic rings. The van der Waals surface area contributed by atoms with Gasteiger partial charge in [-0.05, 0) is 42.3 Å². The molecule has 152 valence electrons. The van der Waals surface area contributed by atoms with Gasteiger partial charge in [0.25, 0.3) is 0 Å². The highest BCUT2D eigenvalue weighted by molar-refractivity contribution is 7.86. The first-order valence-corrected chi connectivity index (χ1v) is 10.6. The Bertz CT molecular complexity index is 876. The molecular formula is C20H24O7S. The monoisotopic (exact) mass is 408 g/mol. The molecule has 7 nitrogen and oxygen atoms in total. The van der Waals surface area contributed by atoms with Crippen LogP contribution in [0.4, 0.5) is 0 Å². The van der Waals surface area contributed by atoms with Crippen LogP contribution in [0.5, 0.6) is 11.5 Å². The standard InChI is InChI=1S/C20H24O7S/c1-3-25-19(20(21)22)14-16-5-4-6-18(13-16)26-12-11-15-7-9-17(10-8-15)27-28(2,23)24/h4-10,13,19H,3,11-12,14H2,1-2H3,(H,21,22). The molecule has 2 aromatic carbocycles. The summed E-state index contributed by atoms with van der Waals surface area (Å²) >= 11 is 0. The van der Waals surface area contributed by atoms with Gasteiger partial charge in [0.05, 0.1) is 12.9 Å². The molecular weight excluding hydrogens is 384 g/mol. The van der Waals surface area contributed by atoms with Gasteiger partial charge in [-0.15, -0.1) is 0 Å². The Kier molecular flexibility index (Phi) is 7.83. The van der Waals surface area contributed by atoms with Gasteiger partial charge in [-0.1, -0.05) is 24.3 Å². The van der Waals surface area contributed by atoms with Crippen molar-refractivity contribution >= 4 is 16.1 Å². The van der Waals surface area contributed by atoms with Gasteiger partial charge in [0, 0.05) is 19.4 Å². The predicted molar refractivity (Wildman–Crippen MR) is 104 cm³/mol. The van der Waals surface area contributed by atoms with E-state index in [-0.39, 0.29) is 12.2 Å². The normalized spacial score (nSPS) is 12.4. The summed E-state index contributed by atoms with van der Waals surface area (Å²) in [7, 11) is -3.54. The summed E-state index contributed by atoms with van der Waals surface area (Å²) in [5.41, 5.74) is 1.79. The Morgan fingerprint density at radius 2 is 1.79 bits per heavy atom. The zero-order valence-electron chi connectivity index (χ0n) is 15.8. The number of benzene rings is 2. The number of carbonyl (C=O) groups is 1. The van der Waals surface area contributed by atoms with E-state index in [9.17, 15) is 18.3 Å². The highest BCUT2D eigenvalue weighted by Crippen LogP contribution is 2.17. The summed E-state index contributed by atoms with van der Waals surface area (Å²) in [5.74, 6) is -0.0752. The number of carboxylic acid groups (broad SMARTS) is 1. The average molecular weight is 408 g/mol. The maximum Gasteiger partial charge on any atom is 0.333 e. The van der Waals surface area contributed by atoms with E-state index in [2.05, 4.69) is 0 Å². The second-order valence-electron chi connectivity index (χ2n) is 6.16. The topological polar surface area (TPSA) is 99.1 Å². The zero-order chi connectivity index (χ0) is 20.6. The van der Waals surface area contributed by atoms with Gasteiger partial charge in [0.15, 0.2) is 6.10 Å². The lowest BCUT2D eigenvalue weighted by molar-refractivity contribution is -0.149. The first kappa shape index (κ1) is 21.7. The third-order valence-electron chi connectivity index (χ3n) is 3.79. The van der Waals surface area contributed by atoms with Crippen LogP contribution < -0.4 is 8.92 Å². The summed E-state index contributed by atoms with van der Waals surface area (Å²) < 4.78 is 38.0. The molecule has 1 unspecified atom stereocenters. The third-order valence-corrected chi connectivity index (χ3v) is 4.29. The molecule has 0 amide bonds. The largest absolute Gasteiger partial charge is 0.493 e. The van der Waals surface area contributed by atoms with Crippen LogP contribution in [0.25, 0.3) is 0 Å². The summed E-state index contributed by atoms with van der Waals surface area (Å²) in [6.07, 6.45) is 1.01. The lowest BCUT2D eigenvalue weighted by Crippen LogP contribution is -2.26. The number of rotatable bonds is 11. The van der Waals surface area contributed by atoms with Crippen LogP contribution in [-0.4, -0.2) is 45.1 Å². The maximum atomic E-state index is 11.2. The average Bonchev–Trinajstić information content (AvgIpc) is 2.62. The van der Waals surface area contributed by atoms with E-state index in [1.54, 1.807) is 37.3 Å². The molecule has 0 saturated carbocycles. The SMILES string of the molecule is CCOC(Cc1cccc(OCCc2ccc(OS(C)(=O)=O)cc2)c1)C(=O)O. The lowest BCUT2D eigenvalue weighted by Gasteiger charge is -2.13. The van der Waals surface area contributed by atoms with E-state index in [0.29, 0.717) is 25.4 Å². The van der Waals surface area contributed by atoms with Gasteiger partial charge in [-0.25, -0.2) is 4.79 Å². The first-order valence-electron chi connectivity index (χ1n) is 8.81. The Morgan fingerprint density at radius 1 is 1.07 bits per heavy atom. The van der Waals surface area contributed by atoms with Gasteiger partial charge in [0.2, 0.25) is 0 Å². The number of aliphatic carboxylic acids is 1. The van der Waals surface area contributed by atoms with Crippen molar-refractivity contribution in [2.45, 2.75) is 25.9 Å². The smallest absolute Gasteiger partial charge is 0.333 e. The predicted octanol–water partition coefficient (Wildman–Crippen LogP) is 2.68. The minimum atomic E-state index is -3.54. The lowest BCUT2D eigenvalue weighted by atomic mass is 10.1. The number of ether oxygens (including phenoxy) is 2. The van der Waals surface area contributed by atoms with E-state index >= 15 is 0 Å². The summed E-state index contributed by atoms with van der Waals surface area (Å²) in [4.78, 5) is 11.2. The molecule has 0 spiro atoms. The molecule has 0 heterocycles. The van der Waals surface area contributed by atoms with Gasteiger partial charge < -0.3 is 18.8 Å². The number of hydrogen-bond donors (Lipinski definition) is 1. The summed E-state index contributed by atoms with van der Waals surface area (Å²) in [6.45, 7) is 2.51. The molecule has 0 bridgehead atoms. The molecule has 28 heavy (non-hydrogen) atoms. The van der Waals surface area contributed by atoms with Crippen molar-refractivity contribution < 1.29 is 32.0 Å². The van der Waals surface area contributed by atoms with Gasteiger partial charge in [0.1, 0.15) is 11.5 Å². The number of hydrogen-bond acceptors (Lipinski definition) is 6. The van der Waals surface area contributed by atoms with Gasteiger partial charge in [-0.2, -0.15) is 8.42 Å². The van der Waals surface area contributed by atoms with Crippen LogP contribution in [0.1, 0.15) is 18.1 Å². The van der Waals surface area contributed by atoms with Crippen molar-refractivity contribution in [3.8, 4) is 11.5 Å². The fourth-order valence-corrected chi connectivity index (χ4v) is 3.03. The molecule has 0 aromatic heterocycles. The zero-order valence-corrected chi connectivity index (χ0v) is 16.6. The van der Waals surface area contributed by atoms with Crippen molar-refractivity contribution in [2.75, 3.05) is 19.5 Å². The van der Waals surface area contributed by atoms with Gasteiger partial charge >= 0.3 is 16.1 Å². The van der Waals surface area contributed by atoms with E-state index in [4.69, 9.17) is 13.7 Å². The van der Waals surface area contributed by atoms with Crippen LogP contribution in [0.2, 0.25) is 0 Å². The minimum Gasteiger partial charge on any atom is -0.493 e. The van der Waals surface area contributed by atoms with Crippen LogP contribution in [0, 0.1) is 0 Å². The molecule has 1 N–H and O–H groups in total. The Labute approximate surface area is 165 Å². The highest BCUT2D eigenvalue weighted by Gasteiger charge is 2.18. The fourth-order valence-electron chi connectivity index (χ4n) is 2.57. The molecule has 0 aliphatic heterocycles. The van der Waals surface area contributed by atoms with Crippen molar-refractivity contribution in [1.82, 2.24) is 0 Å². The van der Waals surface area contributed by atoms with Crippen LogP contribution in [0.3, 0.4) is 0 Å². The molecule has 0 aliphatic carbocycles. The van der Waals surface area contributed by atoms with Gasteiger partial charge in [-0.3, -0.25) is 0 Å². The van der Waals surface area contributed by atoms with Crippen molar-refractivity contribution in [3.63, 3.8) is 0 Å². The fraction of sp³-hybridized carbons (Fsp3) is 0.350. The van der Waals surface area contributed by atoms with Crippen molar-refractivity contribution in [1.29, 1.82) is 0 Å². The highest BCUT2D eigenvalue weighted by atomic mass is 32.2. The quantitative estimate of drug-likeness (QED) is 0.571. The van der Waals surface area contributed by atoms with Crippen LogP contribution in [0.15, 0.2) is 48.5 Å². The van der Waals surface area contributed by atoms with Crippen LogP contribution >= 0.6 is 0 Å². The van der Waals surface area contributed by atoms with E-state index in [1.165, 1.54) is 0 Å². The minimum absolute atomic E-state index is 0.266. The molecule has 2 rings (SSSR count). The van der Waals surface area contributed by atoms with E-state index in [1.807, 2.05) is 18.2 Å².